The number of carbonyl (C=O) groups excluding carboxylic acids is 2. The molecule has 0 aromatic heterocycles. The highest BCUT2D eigenvalue weighted by molar-refractivity contribution is 14.1. The monoisotopic (exact) mass is 489 g/mol. The number of halogens is 4. The van der Waals surface area contributed by atoms with Crippen LogP contribution in [0.15, 0.2) is 53.6 Å². The Kier molecular flexibility index (Phi) is 6.94. The van der Waals surface area contributed by atoms with Crippen molar-refractivity contribution in [3.63, 3.8) is 0 Å². The number of hydrogen-bond donors (Lipinski definition) is 2. The van der Waals surface area contributed by atoms with Gasteiger partial charge in [-0.3, -0.25) is 9.59 Å². The summed E-state index contributed by atoms with van der Waals surface area (Å²) in [5.41, 5.74) is 1.70. The predicted octanol–water partition coefficient (Wildman–Crippen LogP) is 4.44. The summed E-state index contributed by atoms with van der Waals surface area (Å²) in [6, 6.07) is 11.5. The van der Waals surface area contributed by atoms with Gasteiger partial charge in [-0.05, 0) is 65.9 Å². The Labute approximate surface area is 167 Å². The lowest BCUT2D eigenvalue weighted by molar-refractivity contribution is -0.137. The highest BCUT2D eigenvalue weighted by Crippen LogP contribution is 2.34. The van der Waals surface area contributed by atoms with Gasteiger partial charge >= 0.3 is 6.18 Å². The van der Waals surface area contributed by atoms with Gasteiger partial charge in [0.15, 0.2) is 0 Å². The van der Waals surface area contributed by atoms with Crippen molar-refractivity contribution in [2.75, 3.05) is 5.32 Å². The zero-order valence-electron chi connectivity index (χ0n) is 14.1. The average molecular weight is 489 g/mol. The molecule has 0 atom stereocenters. The SMILES string of the molecule is C/C(CC(=O)Nc1ccccc1C(F)(F)F)=N/NC(=O)c1ccc(I)cc1. The summed E-state index contributed by atoms with van der Waals surface area (Å²) in [6.07, 6.45) is -4.84. The molecule has 2 N–H and O–H groups in total. The van der Waals surface area contributed by atoms with E-state index >= 15 is 0 Å². The van der Waals surface area contributed by atoms with Crippen LogP contribution in [0.1, 0.15) is 29.3 Å². The molecule has 0 fully saturated rings. The van der Waals surface area contributed by atoms with E-state index in [-0.39, 0.29) is 17.8 Å². The molecule has 0 radical (unpaired) electrons. The first-order chi connectivity index (χ1) is 12.7. The standard InChI is InChI=1S/C18H15F3IN3O2/c1-11(24-25-17(27)12-6-8-13(22)9-7-12)10-16(26)23-15-5-3-2-4-14(15)18(19,20)21/h2-9H,10H2,1H3,(H,23,26)(H,25,27)/b24-11-. The first-order valence-electron chi connectivity index (χ1n) is 7.72. The molecule has 0 saturated heterocycles. The number of anilines is 1. The molecule has 0 aliphatic rings. The van der Waals surface area contributed by atoms with Gasteiger partial charge in [0, 0.05) is 14.8 Å². The normalized spacial score (nSPS) is 11.8. The predicted molar refractivity (Wildman–Crippen MR) is 104 cm³/mol. The fourth-order valence-corrected chi connectivity index (χ4v) is 2.48. The van der Waals surface area contributed by atoms with Crippen molar-refractivity contribution in [1.29, 1.82) is 0 Å². The Morgan fingerprint density at radius 1 is 1.07 bits per heavy atom. The molecular weight excluding hydrogens is 474 g/mol. The van der Waals surface area contributed by atoms with Crippen LogP contribution in [-0.4, -0.2) is 17.5 Å². The van der Waals surface area contributed by atoms with E-state index in [4.69, 9.17) is 0 Å². The molecule has 0 aliphatic heterocycles. The van der Waals surface area contributed by atoms with Crippen LogP contribution in [0, 0.1) is 3.57 Å². The molecule has 27 heavy (non-hydrogen) atoms. The largest absolute Gasteiger partial charge is 0.418 e. The maximum Gasteiger partial charge on any atom is 0.418 e. The second-order valence-electron chi connectivity index (χ2n) is 5.56. The highest BCUT2D eigenvalue weighted by atomic mass is 127. The van der Waals surface area contributed by atoms with Crippen molar-refractivity contribution in [2.45, 2.75) is 19.5 Å². The quantitative estimate of drug-likeness (QED) is 0.371. The number of rotatable bonds is 5. The van der Waals surface area contributed by atoms with Crippen molar-refractivity contribution < 1.29 is 22.8 Å². The number of benzene rings is 2. The lowest BCUT2D eigenvalue weighted by Crippen LogP contribution is -2.22. The highest BCUT2D eigenvalue weighted by Gasteiger charge is 2.33. The van der Waals surface area contributed by atoms with Gasteiger partial charge in [0.25, 0.3) is 5.91 Å². The summed E-state index contributed by atoms with van der Waals surface area (Å²) in [5, 5.41) is 6.03. The number of nitrogens with zero attached hydrogens (tertiary/aromatic N) is 1. The van der Waals surface area contributed by atoms with Gasteiger partial charge in [-0.15, -0.1) is 0 Å². The van der Waals surface area contributed by atoms with Crippen LogP contribution in [-0.2, 0) is 11.0 Å². The lowest BCUT2D eigenvalue weighted by atomic mass is 10.1. The first kappa shape index (κ1) is 20.9. The van der Waals surface area contributed by atoms with Crippen LogP contribution in [0.3, 0.4) is 0 Å². The van der Waals surface area contributed by atoms with E-state index in [0.29, 0.717) is 5.56 Å². The van der Waals surface area contributed by atoms with E-state index in [9.17, 15) is 22.8 Å². The molecular formula is C18H15F3IN3O2. The number of amides is 2. The maximum absolute atomic E-state index is 12.9. The molecule has 0 aliphatic carbocycles. The third-order valence-corrected chi connectivity index (χ3v) is 4.10. The zero-order valence-corrected chi connectivity index (χ0v) is 16.3. The van der Waals surface area contributed by atoms with Gasteiger partial charge in [0.05, 0.1) is 17.7 Å². The Balaban J connectivity index is 1.96. The Bertz CT molecular complexity index is 865. The van der Waals surface area contributed by atoms with Gasteiger partial charge in [-0.1, -0.05) is 12.1 Å². The molecule has 5 nitrogen and oxygen atoms in total. The second kappa shape index (κ2) is 8.98. The third-order valence-electron chi connectivity index (χ3n) is 3.38. The summed E-state index contributed by atoms with van der Waals surface area (Å²) in [4.78, 5) is 23.9. The number of para-hydroxylation sites is 1. The minimum atomic E-state index is -4.57. The van der Waals surface area contributed by atoms with Crippen molar-refractivity contribution in [3.8, 4) is 0 Å². The first-order valence-corrected chi connectivity index (χ1v) is 8.80. The van der Waals surface area contributed by atoms with Crippen LogP contribution in [0.2, 0.25) is 0 Å². The summed E-state index contributed by atoms with van der Waals surface area (Å²) in [5.74, 6) is -1.12. The topological polar surface area (TPSA) is 70.6 Å². The van der Waals surface area contributed by atoms with Gasteiger partial charge in [0.2, 0.25) is 5.91 Å². The fourth-order valence-electron chi connectivity index (χ4n) is 2.12. The van der Waals surface area contributed by atoms with Crippen molar-refractivity contribution >= 4 is 45.8 Å². The maximum atomic E-state index is 12.9. The van der Waals surface area contributed by atoms with E-state index < -0.39 is 23.6 Å². The molecule has 0 spiro atoms. The second-order valence-corrected chi connectivity index (χ2v) is 6.81. The number of carbonyl (C=O) groups is 2. The van der Waals surface area contributed by atoms with E-state index in [2.05, 4.69) is 38.4 Å². The van der Waals surface area contributed by atoms with E-state index in [0.717, 1.165) is 9.64 Å². The molecule has 142 valence electrons. The summed E-state index contributed by atoms with van der Waals surface area (Å²) in [6.45, 7) is 1.49. The van der Waals surface area contributed by atoms with Gasteiger partial charge < -0.3 is 5.32 Å². The summed E-state index contributed by atoms with van der Waals surface area (Å²) < 4.78 is 39.8. The van der Waals surface area contributed by atoms with E-state index in [1.165, 1.54) is 25.1 Å². The van der Waals surface area contributed by atoms with Crippen LogP contribution >= 0.6 is 22.6 Å². The number of hydrazone groups is 1. The molecule has 2 aromatic carbocycles. The lowest BCUT2D eigenvalue weighted by Gasteiger charge is -2.13. The molecule has 0 heterocycles. The number of hydrogen-bond acceptors (Lipinski definition) is 3. The van der Waals surface area contributed by atoms with Gasteiger partial charge in [-0.2, -0.15) is 18.3 Å². The van der Waals surface area contributed by atoms with Crippen molar-refractivity contribution in [3.05, 3.63) is 63.2 Å². The number of alkyl halides is 3. The average Bonchev–Trinajstić information content (AvgIpc) is 2.59. The van der Waals surface area contributed by atoms with E-state index in [1.54, 1.807) is 24.3 Å². The molecule has 2 rings (SSSR count). The Morgan fingerprint density at radius 3 is 2.33 bits per heavy atom. The molecule has 9 heteroatoms. The smallest absolute Gasteiger partial charge is 0.325 e. The Hall–Kier alpha value is -2.43. The molecule has 0 saturated carbocycles. The molecule has 2 amide bonds. The van der Waals surface area contributed by atoms with Crippen molar-refractivity contribution in [2.24, 2.45) is 5.10 Å². The van der Waals surface area contributed by atoms with Crippen LogP contribution in [0.25, 0.3) is 0 Å². The summed E-state index contributed by atoms with van der Waals surface area (Å²) in [7, 11) is 0. The fraction of sp³-hybridized carbons (Fsp3) is 0.167. The Morgan fingerprint density at radius 2 is 1.70 bits per heavy atom. The summed E-state index contributed by atoms with van der Waals surface area (Å²) >= 11 is 2.11. The zero-order chi connectivity index (χ0) is 20.0. The number of nitrogens with one attached hydrogen (secondary N) is 2. The van der Waals surface area contributed by atoms with Gasteiger partial charge in [0.1, 0.15) is 0 Å². The van der Waals surface area contributed by atoms with Crippen molar-refractivity contribution in [1.82, 2.24) is 5.43 Å². The van der Waals surface area contributed by atoms with Crippen LogP contribution in [0.5, 0.6) is 0 Å². The van der Waals surface area contributed by atoms with Gasteiger partial charge in [-0.25, -0.2) is 5.43 Å². The van der Waals surface area contributed by atoms with E-state index in [1.807, 2.05) is 0 Å². The van der Waals surface area contributed by atoms with Crippen LogP contribution in [0.4, 0.5) is 18.9 Å². The third kappa shape index (κ3) is 6.35. The minimum absolute atomic E-state index is 0.246. The molecule has 0 bridgehead atoms. The molecule has 0 unspecified atom stereocenters. The minimum Gasteiger partial charge on any atom is -0.325 e. The van der Waals surface area contributed by atoms with Crippen LogP contribution < -0.4 is 10.7 Å². The molecule has 2 aromatic rings.